The zero-order chi connectivity index (χ0) is 14.4. The third kappa shape index (κ3) is 3.62. The quantitative estimate of drug-likeness (QED) is 0.879. The SMILES string of the molecule is CN(C)c1ccccc1C#CCNC(=O)c1ccsc1. The standard InChI is InChI=1S/C16H16N2OS/c1-18(2)15-8-4-3-6-13(15)7-5-10-17-16(19)14-9-11-20-12-14/h3-4,6,8-9,11-12H,10H2,1-2H3,(H,17,19). The Bertz CT molecular complexity index is 636. The molecule has 1 N–H and O–H groups in total. The van der Waals surface area contributed by atoms with Crippen LogP contribution in [0.5, 0.6) is 0 Å². The van der Waals surface area contributed by atoms with Crippen LogP contribution in [0.3, 0.4) is 0 Å². The molecule has 0 aliphatic heterocycles. The van der Waals surface area contributed by atoms with E-state index in [4.69, 9.17) is 0 Å². The van der Waals surface area contributed by atoms with Gasteiger partial charge in [0.25, 0.3) is 5.91 Å². The molecule has 0 fully saturated rings. The fraction of sp³-hybridized carbons (Fsp3) is 0.188. The van der Waals surface area contributed by atoms with Crippen molar-refractivity contribution in [1.29, 1.82) is 0 Å². The Kier molecular flexibility index (Phi) is 4.80. The number of thiophene rings is 1. The summed E-state index contributed by atoms with van der Waals surface area (Å²) in [5, 5.41) is 6.49. The molecule has 4 heteroatoms. The first-order chi connectivity index (χ1) is 9.68. The molecule has 0 aliphatic carbocycles. The Morgan fingerprint density at radius 1 is 1.30 bits per heavy atom. The van der Waals surface area contributed by atoms with E-state index in [1.807, 2.05) is 54.0 Å². The molecule has 2 aromatic rings. The monoisotopic (exact) mass is 284 g/mol. The first-order valence-corrected chi connectivity index (χ1v) is 7.18. The fourth-order valence-corrected chi connectivity index (χ4v) is 2.36. The molecule has 0 atom stereocenters. The molecule has 20 heavy (non-hydrogen) atoms. The largest absolute Gasteiger partial charge is 0.377 e. The molecule has 2 rings (SSSR count). The third-order valence-corrected chi connectivity index (χ3v) is 3.41. The highest BCUT2D eigenvalue weighted by atomic mass is 32.1. The maximum atomic E-state index is 11.7. The summed E-state index contributed by atoms with van der Waals surface area (Å²) in [4.78, 5) is 13.7. The van der Waals surface area contributed by atoms with Crippen molar-refractivity contribution in [3.05, 3.63) is 52.2 Å². The molecule has 1 aromatic carbocycles. The maximum absolute atomic E-state index is 11.7. The second kappa shape index (κ2) is 6.78. The number of nitrogens with one attached hydrogen (secondary N) is 1. The predicted molar refractivity (Wildman–Crippen MR) is 84.3 cm³/mol. The summed E-state index contributed by atoms with van der Waals surface area (Å²) in [7, 11) is 3.97. The molecule has 0 spiro atoms. The molecule has 3 nitrogen and oxygen atoms in total. The number of rotatable bonds is 3. The van der Waals surface area contributed by atoms with Crippen LogP contribution in [0.15, 0.2) is 41.1 Å². The molecule has 0 aliphatic rings. The smallest absolute Gasteiger partial charge is 0.252 e. The number of nitrogens with zero attached hydrogens (tertiary/aromatic N) is 1. The second-order valence-electron chi connectivity index (χ2n) is 4.41. The minimum atomic E-state index is -0.0820. The van der Waals surface area contributed by atoms with Gasteiger partial charge in [0, 0.05) is 25.0 Å². The Hall–Kier alpha value is -2.25. The van der Waals surface area contributed by atoms with Gasteiger partial charge >= 0.3 is 0 Å². The van der Waals surface area contributed by atoms with E-state index < -0.39 is 0 Å². The van der Waals surface area contributed by atoms with Gasteiger partial charge in [0.15, 0.2) is 0 Å². The molecule has 0 unspecified atom stereocenters. The number of amides is 1. The van der Waals surface area contributed by atoms with Crippen molar-refractivity contribution in [2.45, 2.75) is 0 Å². The van der Waals surface area contributed by atoms with Gasteiger partial charge in [-0.2, -0.15) is 11.3 Å². The number of carbonyl (C=O) groups excluding carboxylic acids is 1. The third-order valence-electron chi connectivity index (χ3n) is 2.73. The molecule has 0 bridgehead atoms. The maximum Gasteiger partial charge on any atom is 0.252 e. The van der Waals surface area contributed by atoms with E-state index in [2.05, 4.69) is 17.2 Å². The van der Waals surface area contributed by atoms with Crippen molar-refractivity contribution in [1.82, 2.24) is 5.32 Å². The number of para-hydroxylation sites is 1. The summed E-state index contributed by atoms with van der Waals surface area (Å²) in [5.74, 6) is 5.99. The summed E-state index contributed by atoms with van der Waals surface area (Å²) >= 11 is 1.51. The van der Waals surface area contributed by atoms with Gasteiger partial charge in [-0.05, 0) is 23.6 Å². The molecule has 1 heterocycles. The highest BCUT2D eigenvalue weighted by Gasteiger charge is 2.03. The summed E-state index contributed by atoms with van der Waals surface area (Å²) in [6, 6.07) is 9.74. The van der Waals surface area contributed by atoms with Gasteiger partial charge in [0.2, 0.25) is 0 Å². The van der Waals surface area contributed by atoms with Gasteiger partial charge in [0.05, 0.1) is 17.8 Å². The number of benzene rings is 1. The van der Waals surface area contributed by atoms with Gasteiger partial charge in [-0.1, -0.05) is 24.0 Å². The van der Waals surface area contributed by atoms with E-state index in [-0.39, 0.29) is 5.91 Å². The summed E-state index contributed by atoms with van der Waals surface area (Å²) in [5.41, 5.74) is 2.72. The van der Waals surface area contributed by atoms with E-state index in [0.29, 0.717) is 12.1 Å². The predicted octanol–water partition coefficient (Wildman–Crippen LogP) is 2.60. The number of hydrogen-bond donors (Lipinski definition) is 1. The van der Waals surface area contributed by atoms with Gasteiger partial charge in [0.1, 0.15) is 0 Å². The lowest BCUT2D eigenvalue weighted by Crippen LogP contribution is -2.22. The Morgan fingerprint density at radius 3 is 2.80 bits per heavy atom. The molecule has 1 aromatic heterocycles. The van der Waals surface area contributed by atoms with Crippen molar-refractivity contribution in [3.8, 4) is 11.8 Å². The van der Waals surface area contributed by atoms with Crippen LogP contribution >= 0.6 is 11.3 Å². The van der Waals surface area contributed by atoms with Crippen LogP contribution in [-0.4, -0.2) is 26.5 Å². The van der Waals surface area contributed by atoms with Crippen molar-refractivity contribution < 1.29 is 4.79 Å². The lowest BCUT2D eigenvalue weighted by Gasteiger charge is -2.13. The summed E-state index contributed by atoms with van der Waals surface area (Å²) in [6.45, 7) is 0.344. The lowest BCUT2D eigenvalue weighted by molar-refractivity contribution is 0.0959. The van der Waals surface area contributed by atoms with Crippen molar-refractivity contribution in [3.63, 3.8) is 0 Å². The zero-order valence-electron chi connectivity index (χ0n) is 11.5. The van der Waals surface area contributed by atoms with E-state index in [0.717, 1.165) is 11.3 Å². The Morgan fingerprint density at radius 2 is 2.10 bits per heavy atom. The minimum Gasteiger partial charge on any atom is -0.377 e. The molecule has 0 saturated carbocycles. The Labute approximate surface area is 123 Å². The van der Waals surface area contributed by atoms with Crippen LogP contribution in [-0.2, 0) is 0 Å². The number of hydrogen-bond acceptors (Lipinski definition) is 3. The number of carbonyl (C=O) groups is 1. The number of anilines is 1. The van der Waals surface area contributed by atoms with Crippen LogP contribution < -0.4 is 10.2 Å². The lowest BCUT2D eigenvalue weighted by atomic mass is 10.1. The van der Waals surface area contributed by atoms with Gasteiger partial charge < -0.3 is 10.2 Å². The van der Waals surface area contributed by atoms with E-state index >= 15 is 0 Å². The molecule has 0 radical (unpaired) electrons. The molecular formula is C16H16N2OS. The van der Waals surface area contributed by atoms with Crippen LogP contribution in [0.4, 0.5) is 5.69 Å². The average Bonchev–Trinajstić information content (AvgIpc) is 2.98. The van der Waals surface area contributed by atoms with Gasteiger partial charge in [-0.15, -0.1) is 0 Å². The van der Waals surface area contributed by atoms with Crippen LogP contribution in [0.2, 0.25) is 0 Å². The highest BCUT2D eigenvalue weighted by Crippen LogP contribution is 2.16. The molecule has 102 valence electrons. The molecule has 1 amide bonds. The first-order valence-electron chi connectivity index (χ1n) is 6.24. The highest BCUT2D eigenvalue weighted by molar-refractivity contribution is 7.08. The molecular weight excluding hydrogens is 268 g/mol. The summed E-state index contributed by atoms with van der Waals surface area (Å²) in [6.07, 6.45) is 0. The van der Waals surface area contributed by atoms with Crippen LogP contribution in [0.25, 0.3) is 0 Å². The van der Waals surface area contributed by atoms with Crippen molar-refractivity contribution in [2.24, 2.45) is 0 Å². The first kappa shape index (κ1) is 14.2. The molecule has 0 saturated heterocycles. The van der Waals surface area contributed by atoms with Gasteiger partial charge in [-0.3, -0.25) is 4.79 Å². The minimum absolute atomic E-state index is 0.0820. The van der Waals surface area contributed by atoms with E-state index in [1.165, 1.54) is 11.3 Å². The van der Waals surface area contributed by atoms with E-state index in [9.17, 15) is 4.79 Å². The Balaban J connectivity index is 1.97. The summed E-state index contributed by atoms with van der Waals surface area (Å²) < 4.78 is 0. The van der Waals surface area contributed by atoms with Crippen LogP contribution in [0, 0.1) is 11.8 Å². The zero-order valence-corrected chi connectivity index (χ0v) is 12.3. The normalized spacial score (nSPS) is 9.50. The second-order valence-corrected chi connectivity index (χ2v) is 5.19. The van der Waals surface area contributed by atoms with E-state index in [1.54, 1.807) is 6.07 Å². The van der Waals surface area contributed by atoms with Gasteiger partial charge in [-0.25, -0.2) is 0 Å². The van der Waals surface area contributed by atoms with Crippen LogP contribution in [0.1, 0.15) is 15.9 Å². The average molecular weight is 284 g/mol. The van der Waals surface area contributed by atoms with Crippen molar-refractivity contribution >= 4 is 22.9 Å². The fourth-order valence-electron chi connectivity index (χ4n) is 1.73. The van der Waals surface area contributed by atoms with Crippen molar-refractivity contribution in [2.75, 3.05) is 25.5 Å². The topological polar surface area (TPSA) is 32.3 Å².